The van der Waals surface area contributed by atoms with Crippen LogP contribution in [0, 0.1) is 0 Å². The standard InChI is InChI=1S/C66H136N4O4S4/c1-5-9-13-17-21-25-26-30-34-38-46-66(74)62-70(61-65(73)45-37-33-29-24-20-16-12-8-4)48-40-42-56-76-78-58-54-68-51-49-67(50-52-68)53-57-77-75-55-41-39-47-69(59-63(71)43-35-31-27-22-18-14-10-6-2)60-64(72)44-36-32-28-23-19-15-11-7-3/h63-66,71-74H,5-62H2,1-4H3. The maximum Gasteiger partial charge on any atom is 0.0667 e. The summed E-state index contributed by atoms with van der Waals surface area (Å²) in [5, 5.41) is 44.2. The van der Waals surface area contributed by atoms with Gasteiger partial charge in [0.15, 0.2) is 0 Å². The Morgan fingerprint density at radius 2 is 0.500 bits per heavy atom. The fraction of sp³-hybridized carbons (Fsp3) is 1.00. The van der Waals surface area contributed by atoms with Gasteiger partial charge in [-0.05, 0) is 64.5 Å². The molecule has 0 aromatic heterocycles. The summed E-state index contributed by atoms with van der Waals surface area (Å²) in [6.45, 7) is 21.0. The van der Waals surface area contributed by atoms with Gasteiger partial charge in [0.25, 0.3) is 0 Å². The normalized spacial score (nSPS) is 15.3. The molecule has 1 aliphatic rings. The molecule has 8 nitrogen and oxygen atoms in total. The van der Waals surface area contributed by atoms with Crippen LogP contribution in [0.25, 0.3) is 0 Å². The smallest absolute Gasteiger partial charge is 0.0667 e. The first kappa shape index (κ1) is 77.1. The Balaban J connectivity index is 2.28. The Morgan fingerprint density at radius 1 is 0.282 bits per heavy atom. The average molecular weight is 1180 g/mol. The van der Waals surface area contributed by atoms with Crippen molar-refractivity contribution in [3.63, 3.8) is 0 Å². The molecule has 1 fully saturated rings. The zero-order chi connectivity index (χ0) is 56.5. The van der Waals surface area contributed by atoms with E-state index in [2.05, 4.69) is 47.3 Å². The lowest BCUT2D eigenvalue weighted by Gasteiger charge is -2.34. The molecule has 1 rings (SSSR count). The van der Waals surface area contributed by atoms with E-state index in [4.69, 9.17) is 0 Å². The summed E-state index contributed by atoms with van der Waals surface area (Å²) in [6, 6.07) is 0. The lowest BCUT2D eigenvalue weighted by Crippen LogP contribution is -2.47. The van der Waals surface area contributed by atoms with E-state index in [-0.39, 0.29) is 24.4 Å². The number of hydrogen-bond donors (Lipinski definition) is 4. The number of aliphatic hydroxyl groups excluding tert-OH is 4. The van der Waals surface area contributed by atoms with Crippen LogP contribution in [0.3, 0.4) is 0 Å². The zero-order valence-electron chi connectivity index (χ0n) is 52.5. The van der Waals surface area contributed by atoms with Crippen molar-refractivity contribution in [2.75, 3.05) is 102 Å². The quantitative estimate of drug-likeness (QED) is 0.0345. The van der Waals surface area contributed by atoms with E-state index >= 15 is 0 Å². The number of unbranched alkanes of at least 4 members (excludes halogenated alkanes) is 32. The summed E-state index contributed by atoms with van der Waals surface area (Å²) in [5.41, 5.74) is 0. The van der Waals surface area contributed by atoms with Gasteiger partial charge in [-0.3, -0.25) is 19.6 Å². The van der Waals surface area contributed by atoms with Crippen LogP contribution >= 0.6 is 43.2 Å². The van der Waals surface area contributed by atoms with E-state index in [0.29, 0.717) is 26.2 Å². The lowest BCUT2D eigenvalue weighted by atomic mass is 10.0. The summed E-state index contributed by atoms with van der Waals surface area (Å²) < 4.78 is 0. The summed E-state index contributed by atoms with van der Waals surface area (Å²) in [6.07, 6.45) is 51.5. The van der Waals surface area contributed by atoms with E-state index in [0.717, 1.165) is 77.3 Å². The fourth-order valence-electron chi connectivity index (χ4n) is 11.3. The number of aliphatic hydroxyl groups is 4. The predicted octanol–water partition coefficient (Wildman–Crippen LogP) is 17.9. The highest BCUT2D eigenvalue weighted by Gasteiger charge is 2.19. The van der Waals surface area contributed by atoms with Gasteiger partial charge in [-0.15, -0.1) is 0 Å². The topological polar surface area (TPSA) is 93.9 Å². The monoisotopic (exact) mass is 1180 g/mol. The van der Waals surface area contributed by atoms with Crippen LogP contribution in [0.2, 0.25) is 0 Å². The van der Waals surface area contributed by atoms with Gasteiger partial charge in [0.1, 0.15) is 0 Å². The van der Waals surface area contributed by atoms with E-state index in [1.807, 2.05) is 43.2 Å². The van der Waals surface area contributed by atoms with Crippen LogP contribution in [-0.4, -0.2) is 166 Å². The second-order valence-electron chi connectivity index (χ2n) is 24.3. The highest BCUT2D eigenvalue weighted by molar-refractivity contribution is 8.77. The molecule has 0 aromatic carbocycles. The van der Waals surface area contributed by atoms with Gasteiger partial charge < -0.3 is 20.4 Å². The third-order valence-corrected chi connectivity index (χ3v) is 21.4. The van der Waals surface area contributed by atoms with Crippen LogP contribution in [0.1, 0.15) is 297 Å². The Kier molecular flexibility index (Phi) is 60.5. The van der Waals surface area contributed by atoms with Gasteiger partial charge in [0.05, 0.1) is 24.4 Å². The molecular formula is C66H136N4O4S4. The number of hydrogen-bond acceptors (Lipinski definition) is 12. The van der Waals surface area contributed by atoms with E-state index < -0.39 is 0 Å². The summed E-state index contributed by atoms with van der Waals surface area (Å²) >= 11 is 0. The molecule has 0 bridgehead atoms. The second kappa shape index (κ2) is 61.2. The molecule has 0 saturated carbocycles. The maximum absolute atomic E-state index is 11.1. The molecule has 1 aliphatic heterocycles. The molecule has 0 aromatic rings. The molecule has 78 heavy (non-hydrogen) atoms. The molecule has 12 heteroatoms. The molecule has 4 unspecified atom stereocenters. The maximum atomic E-state index is 11.1. The Morgan fingerprint density at radius 3 is 0.744 bits per heavy atom. The predicted molar refractivity (Wildman–Crippen MR) is 356 cm³/mol. The molecule has 4 N–H and O–H groups in total. The zero-order valence-corrected chi connectivity index (χ0v) is 55.8. The first-order valence-corrected chi connectivity index (χ1v) is 39.4. The minimum Gasteiger partial charge on any atom is -0.392 e. The van der Waals surface area contributed by atoms with Crippen molar-refractivity contribution in [3.05, 3.63) is 0 Å². The van der Waals surface area contributed by atoms with Gasteiger partial charge in [0, 0.05) is 88.5 Å². The minimum absolute atomic E-state index is 0.286. The minimum atomic E-state index is -0.287. The number of rotatable bonds is 64. The molecule has 0 amide bonds. The average Bonchev–Trinajstić information content (AvgIpc) is 3.43. The Labute approximate surface area is 503 Å². The SMILES string of the molecule is CCCCCCCCCCCCC(O)CN(CCCCSSCCN1CCN(CCSSCCCCN(CC(O)CCCCCCCCCC)CC(O)CCCCCCCCCC)CC1)CC(O)CCCCCCCCCC. The van der Waals surface area contributed by atoms with Gasteiger partial charge in [0.2, 0.25) is 0 Å². The first-order chi connectivity index (χ1) is 38.3. The van der Waals surface area contributed by atoms with Crippen molar-refractivity contribution in [3.8, 4) is 0 Å². The van der Waals surface area contributed by atoms with Crippen molar-refractivity contribution in [1.29, 1.82) is 0 Å². The second-order valence-corrected chi connectivity index (χ2v) is 29.7. The van der Waals surface area contributed by atoms with Crippen LogP contribution in [0.5, 0.6) is 0 Å². The highest BCUT2D eigenvalue weighted by Crippen LogP contribution is 2.25. The first-order valence-electron chi connectivity index (χ1n) is 34.4. The van der Waals surface area contributed by atoms with Crippen molar-refractivity contribution in [2.45, 2.75) is 322 Å². The van der Waals surface area contributed by atoms with Crippen LogP contribution in [0.15, 0.2) is 0 Å². The van der Waals surface area contributed by atoms with Crippen LogP contribution in [0.4, 0.5) is 0 Å². The van der Waals surface area contributed by atoms with E-state index in [1.165, 1.54) is 268 Å². The highest BCUT2D eigenvalue weighted by atomic mass is 33.1. The molecule has 1 heterocycles. The van der Waals surface area contributed by atoms with Gasteiger partial charge in [-0.25, -0.2) is 0 Å². The van der Waals surface area contributed by atoms with Gasteiger partial charge in [-0.2, -0.15) is 0 Å². The fourth-order valence-corrected chi connectivity index (χ4v) is 15.6. The number of piperazine rings is 1. The third-order valence-electron chi connectivity index (χ3n) is 16.5. The molecule has 0 spiro atoms. The van der Waals surface area contributed by atoms with E-state index in [1.54, 1.807) is 0 Å². The molecule has 0 aliphatic carbocycles. The van der Waals surface area contributed by atoms with Crippen LogP contribution < -0.4 is 0 Å². The van der Waals surface area contributed by atoms with Crippen molar-refractivity contribution in [2.24, 2.45) is 0 Å². The molecule has 468 valence electrons. The number of nitrogens with zero attached hydrogens (tertiary/aromatic N) is 4. The van der Waals surface area contributed by atoms with Crippen molar-refractivity contribution < 1.29 is 20.4 Å². The van der Waals surface area contributed by atoms with Crippen LogP contribution in [-0.2, 0) is 0 Å². The lowest BCUT2D eigenvalue weighted by molar-refractivity contribution is 0.0594. The largest absolute Gasteiger partial charge is 0.392 e. The summed E-state index contributed by atoms with van der Waals surface area (Å²) in [4.78, 5) is 10.1. The molecular weight excluding hydrogens is 1040 g/mol. The van der Waals surface area contributed by atoms with Crippen molar-refractivity contribution in [1.82, 2.24) is 19.6 Å². The summed E-state index contributed by atoms with van der Waals surface area (Å²) in [7, 11) is 8.17. The third kappa shape index (κ3) is 53.8. The van der Waals surface area contributed by atoms with Gasteiger partial charge in [-0.1, -0.05) is 289 Å². The Hall–Kier alpha value is 1.08. The molecule has 4 atom stereocenters. The Bertz CT molecular complexity index is 1140. The summed E-state index contributed by atoms with van der Waals surface area (Å²) in [5.74, 6) is 4.73. The van der Waals surface area contributed by atoms with E-state index in [9.17, 15) is 20.4 Å². The van der Waals surface area contributed by atoms with Gasteiger partial charge >= 0.3 is 0 Å². The molecule has 0 radical (unpaired) electrons. The molecule has 1 saturated heterocycles. The van der Waals surface area contributed by atoms with Crippen molar-refractivity contribution >= 4 is 43.2 Å².